The lowest BCUT2D eigenvalue weighted by atomic mass is 10.0. The summed E-state index contributed by atoms with van der Waals surface area (Å²) >= 11 is 0. The van der Waals surface area contributed by atoms with Gasteiger partial charge in [-0.3, -0.25) is 4.99 Å². The highest BCUT2D eigenvalue weighted by molar-refractivity contribution is 14.0. The fraction of sp³-hybridized carbons (Fsp3) is 0.609. The first-order valence-corrected chi connectivity index (χ1v) is 10.9. The quantitative estimate of drug-likeness (QED) is 0.275. The van der Waals surface area contributed by atoms with E-state index in [4.69, 9.17) is 0 Å². The fourth-order valence-electron chi connectivity index (χ4n) is 4.00. The van der Waals surface area contributed by atoms with Crippen molar-refractivity contribution in [2.24, 2.45) is 4.99 Å². The zero-order chi connectivity index (χ0) is 19.6. The van der Waals surface area contributed by atoms with Gasteiger partial charge in [-0.15, -0.1) is 24.0 Å². The standard InChI is InChI=1S/C23H37N5.HI/c1-24-23(25-12-6-7-13-27-18-16-26(2)17-19-27)28-14-10-22(11-15-28)20-21-8-4-3-5-9-21;/h3-5,8-9,20H,6-7,10-19H2,1-2H3,(H,24,25);1H. The zero-order valence-corrected chi connectivity index (χ0v) is 20.5. The molecule has 2 fully saturated rings. The number of likely N-dealkylation sites (N-methyl/N-ethyl adjacent to an activating group) is 1. The predicted molar refractivity (Wildman–Crippen MR) is 135 cm³/mol. The summed E-state index contributed by atoms with van der Waals surface area (Å²) in [5.74, 6) is 1.07. The SMILES string of the molecule is CN=C(NCCCCN1CCN(C)CC1)N1CCC(=Cc2ccccc2)CC1.I. The summed E-state index contributed by atoms with van der Waals surface area (Å²) in [6, 6.07) is 10.7. The molecule has 29 heavy (non-hydrogen) atoms. The number of likely N-dealkylation sites (tertiary alicyclic amines) is 1. The molecule has 6 heteroatoms. The molecule has 0 spiro atoms. The summed E-state index contributed by atoms with van der Waals surface area (Å²) in [5, 5.41) is 3.58. The second kappa shape index (κ2) is 13.2. The molecule has 0 aromatic heterocycles. The van der Waals surface area contributed by atoms with Gasteiger partial charge in [0.05, 0.1) is 0 Å². The van der Waals surface area contributed by atoms with E-state index in [1.807, 2.05) is 7.05 Å². The second-order valence-electron chi connectivity index (χ2n) is 8.03. The van der Waals surface area contributed by atoms with Crippen LogP contribution < -0.4 is 5.32 Å². The van der Waals surface area contributed by atoms with Gasteiger partial charge in [-0.1, -0.05) is 42.0 Å². The van der Waals surface area contributed by atoms with Crippen LogP contribution in [-0.4, -0.2) is 87.1 Å². The van der Waals surface area contributed by atoms with Gasteiger partial charge in [-0.25, -0.2) is 0 Å². The minimum absolute atomic E-state index is 0. The molecule has 162 valence electrons. The van der Waals surface area contributed by atoms with E-state index in [0.717, 1.165) is 38.4 Å². The molecule has 5 nitrogen and oxygen atoms in total. The van der Waals surface area contributed by atoms with Crippen LogP contribution in [-0.2, 0) is 0 Å². The van der Waals surface area contributed by atoms with Gasteiger partial charge < -0.3 is 20.0 Å². The van der Waals surface area contributed by atoms with Gasteiger partial charge in [0.1, 0.15) is 0 Å². The van der Waals surface area contributed by atoms with Crippen molar-refractivity contribution < 1.29 is 0 Å². The number of piperazine rings is 1. The van der Waals surface area contributed by atoms with E-state index in [-0.39, 0.29) is 24.0 Å². The molecule has 1 aromatic rings. The molecule has 2 aliphatic rings. The van der Waals surface area contributed by atoms with E-state index in [0.29, 0.717) is 0 Å². The number of unbranched alkanes of at least 4 members (excludes halogenated alkanes) is 1. The smallest absolute Gasteiger partial charge is 0.193 e. The Morgan fingerprint density at radius 3 is 2.34 bits per heavy atom. The molecular formula is C23H38IN5. The number of rotatable bonds is 6. The number of nitrogens with one attached hydrogen (secondary N) is 1. The summed E-state index contributed by atoms with van der Waals surface area (Å²) in [6.45, 7) is 9.21. The summed E-state index contributed by atoms with van der Waals surface area (Å²) < 4.78 is 0. The number of halogens is 1. The number of benzene rings is 1. The monoisotopic (exact) mass is 511 g/mol. The van der Waals surface area contributed by atoms with Crippen molar-refractivity contribution in [3.05, 3.63) is 41.5 Å². The molecule has 0 saturated carbocycles. The Kier molecular flexibility index (Phi) is 11.0. The van der Waals surface area contributed by atoms with Crippen LogP contribution in [0.4, 0.5) is 0 Å². The molecule has 0 radical (unpaired) electrons. The molecule has 0 unspecified atom stereocenters. The average Bonchev–Trinajstić information content (AvgIpc) is 2.74. The number of hydrogen-bond acceptors (Lipinski definition) is 3. The third-order valence-electron chi connectivity index (χ3n) is 5.87. The molecule has 1 aromatic carbocycles. The summed E-state index contributed by atoms with van der Waals surface area (Å²) in [7, 11) is 4.12. The number of guanidine groups is 1. The molecular weight excluding hydrogens is 473 g/mol. The van der Waals surface area contributed by atoms with Crippen LogP contribution in [0.3, 0.4) is 0 Å². The number of piperidine rings is 1. The largest absolute Gasteiger partial charge is 0.356 e. The Morgan fingerprint density at radius 2 is 1.69 bits per heavy atom. The van der Waals surface area contributed by atoms with E-state index in [9.17, 15) is 0 Å². The van der Waals surface area contributed by atoms with E-state index < -0.39 is 0 Å². The van der Waals surface area contributed by atoms with E-state index >= 15 is 0 Å². The highest BCUT2D eigenvalue weighted by Crippen LogP contribution is 2.19. The summed E-state index contributed by atoms with van der Waals surface area (Å²) in [6.07, 6.45) is 7.07. The molecule has 0 amide bonds. The van der Waals surface area contributed by atoms with Crippen LogP contribution in [0.1, 0.15) is 31.2 Å². The molecule has 0 bridgehead atoms. The van der Waals surface area contributed by atoms with Crippen LogP contribution in [0, 0.1) is 0 Å². The van der Waals surface area contributed by atoms with Crippen molar-refractivity contribution in [3.8, 4) is 0 Å². The van der Waals surface area contributed by atoms with Crippen molar-refractivity contribution in [1.29, 1.82) is 0 Å². The average molecular weight is 511 g/mol. The lowest BCUT2D eigenvalue weighted by Gasteiger charge is -2.32. The van der Waals surface area contributed by atoms with Gasteiger partial charge >= 0.3 is 0 Å². The maximum absolute atomic E-state index is 4.51. The first-order chi connectivity index (χ1) is 13.7. The lowest BCUT2D eigenvalue weighted by molar-refractivity contribution is 0.152. The summed E-state index contributed by atoms with van der Waals surface area (Å²) in [4.78, 5) is 11.9. The maximum atomic E-state index is 4.51. The Bertz CT molecular complexity index is 628. The van der Waals surface area contributed by atoms with Gasteiger partial charge in [0.2, 0.25) is 0 Å². The second-order valence-corrected chi connectivity index (χ2v) is 8.03. The van der Waals surface area contributed by atoms with Crippen LogP contribution in [0.25, 0.3) is 6.08 Å². The highest BCUT2D eigenvalue weighted by atomic mass is 127. The molecule has 1 N–H and O–H groups in total. The predicted octanol–water partition coefficient (Wildman–Crippen LogP) is 3.39. The van der Waals surface area contributed by atoms with Crippen molar-refractivity contribution in [2.75, 3.05) is 66.5 Å². The highest BCUT2D eigenvalue weighted by Gasteiger charge is 2.17. The normalized spacial score (nSPS) is 19.0. The Hall–Kier alpha value is -1.12. The van der Waals surface area contributed by atoms with E-state index in [1.54, 1.807) is 5.57 Å². The maximum Gasteiger partial charge on any atom is 0.193 e. The third kappa shape index (κ3) is 8.26. The molecule has 2 saturated heterocycles. The first kappa shape index (κ1) is 24.2. The minimum atomic E-state index is 0. The topological polar surface area (TPSA) is 34.1 Å². The van der Waals surface area contributed by atoms with Crippen LogP contribution in [0.2, 0.25) is 0 Å². The van der Waals surface area contributed by atoms with Crippen molar-refractivity contribution in [2.45, 2.75) is 25.7 Å². The van der Waals surface area contributed by atoms with Gasteiger partial charge in [0.15, 0.2) is 5.96 Å². The van der Waals surface area contributed by atoms with Crippen LogP contribution >= 0.6 is 24.0 Å². The van der Waals surface area contributed by atoms with Crippen molar-refractivity contribution in [3.63, 3.8) is 0 Å². The Balaban J connectivity index is 0.00000300. The van der Waals surface area contributed by atoms with Gasteiger partial charge in [-0.2, -0.15) is 0 Å². The van der Waals surface area contributed by atoms with Gasteiger partial charge in [0, 0.05) is 52.9 Å². The molecule has 3 rings (SSSR count). The number of hydrogen-bond donors (Lipinski definition) is 1. The first-order valence-electron chi connectivity index (χ1n) is 10.9. The third-order valence-corrected chi connectivity index (χ3v) is 5.87. The van der Waals surface area contributed by atoms with E-state index in [2.05, 4.69) is 68.5 Å². The fourth-order valence-corrected chi connectivity index (χ4v) is 4.00. The zero-order valence-electron chi connectivity index (χ0n) is 18.1. The molecule has 2 heterocycles. The van der Waals surface area contributed by atoms with Gasteiger partial charge in [-0.05, 0) is 44.8 Å². The molecule has 0 atom stereocenters. The minimum Gasteiger partial charge on any atom is -0.356 e. The molecule has 2 aliphatic heterocycles. The number of aliphatic imine (C=N–C) groups is 1. The molecule has 0 aliphatic carbocycles. The van der Waals surface area contributed by atoms with Crippen LogP contribution in [0.5, 0.6) is 0 Å². The Morgan fingerprint density at radius 1 is 1.00 bits per heavy atom. The van der Waals surface area contributed by atoms with Crippen molar-refractivity contribution in [1.82, 2.24) is 20.0 Å². The lowest BCUT2D eigenvalue weighted by Crippen LogP contribution is -2.45. The van der Waals surface area contributed by atoms with Crippen LogP contribution in [0.15, 0.2) is 40.9 Å². The summed E-state index contributed by atoms with van der Waals surface area (Å²) in [5.41, 5.74) is 2.86. The Labute approximate surface area is 194 Å². The van der Waals surface area contributed by atoms with Gasteiger partial charge in [0.25, 0.3) is 0 Å². The van der Waals surface area contributed by atoms with E-state index in [1.165, 1.54) is 51.1 Å². The van der Waals surface area contributed by atoms with Crippen molar-refractivity contribution >= 4 is 36.0 Å². The number of nitrogens with zero attached hydrogens (tertiary/aromatic N) is 4.